The van der Waals surface area contributed by atoms with E-state index in [4.69, 9.17) is 4.42 Å². The summed E-state index contributed by atoms with van der Waals surface area (Å²) in [5.74, 6) is 2.38. The quantitative estimate of drug-likeness (QED) is 0.549. The predicted molar refractivity (Wildman–Crippen MR) is 114 cm³/mol. The van der Waals surface area contributed by atoms with Gasteiger partial charge in [-0.15, -0.1) is 0 Å². The first kappa shape index (κ1) is 18.3. The molecule has 2 aromatic heterocycles. The van der Waals surface area contributed by atoms with E-state index in [0.29, 0.717) is 5.92 Å². The molecule has 5 rings (SSSR count). The second-order valence-electron chi connectivity index (χ2n) is 8.30. The molecule has 0 bridgehead atoms. The summed E-state index contributed by atoms with van der Waals surface area (Å²) in [4.78, 5) is 17.6. The van der Waals surface area contributed by atoms with E-state index in [0.717, 1.165) is 66.1 Å². The third-order valence-corrected chi connectivity index (χ3v) is 6.35. The molecule has 3 heterocycles. The summed E-state index contributed by atoms with van der Waals surface area (Å²) in [6, 6.07) is 12.4. The van der Waals surface area contributed by atoms with E-state index in [9.17, 15) is 4.91 Å². The van der Waals surface area contributed by atoms with Crippen LogP contribution in [-0.2, 0) is 6.42 Å². The number of nitrogens with zero attached hydrogens (tertiary/aromatic N) is 3. The molecule has 29 heavy (non-hydrogen) atoms. The van der Waals surface area contributed by atoms with Gasteiger partial charge < -0.3 is 9.32 Å². The monoisotopic (exact) mass is 387 g/mol. The van der Waals surface area contributed by atoms with Gasteiger partial charge in [0, 0.05) is 36.0 Å². The minimum Gasteiger partial charge on any atom is -0.460 e. The lowest BCUT2D eigenvalue weighted by molar-refractivity contribution is 0.235. The fraction of sp³-hybridized carbons (Fsp3) is 0.375. The molecule has 1 aromatic carbocycles. The number of benzene rings is 1. The van der Waals surface area contributed by atoms with Gasteiger partial charge in [-0.2, -0.15) is 4.91 Å². The molecule has 148 valence electrons. The minimum absolute atomic E-state index is 0.198. The number of rotatable bonds is 4. The molecular formula is C24H25N3O2. The first-order chi connectivity index (χ1) is 14.2. The van der Waals surface area contributed by atoms with Crippen molar-refractivity contribution in [1.82, 2.24) is 9.88 Å². The molecule has 1 aliphatic heterocycles. The molecule has 0 spiro atoms. The highest BCUT2D eigenvalue weighted by atomic mass is 16.3. The highest BCUT2D eigenvalue weighted by molar-refractivity contribution is 5.81. The molecule has 0 saturated carbocycles. The number of aromatic nitrogens is 1. The normalized spacial score (nSPS) is 21.8. The summed E-state index contributed by atoms with van der Waals surface area (Å²) in [7, 11) is 2.18. The van der Waals surface area contributed by atoms with Crippen LogP contribution >= 0.6 is 0 Å². The Morgan fingerprint density at radius 2 is 1.97 bits per heavy atom. The zero-order chi connectivity index (χ0) is 19.8. The fourth-order valence-electron chi connectivity index (χ4n) is 4.81. The van der Waals surface area contributed by atoms with Gasteiger partial charge in [-0.3, -0.25) is 4.98 Å². The minimum atomic E-state index is -0.198. The molecule has 5 nitrogen and oxygen atoms in total. The van der Waals surface area contributed by atoms with Crippen molar-refractivity contribution in [3.63, 3.8) is 0 Å². The number of nitroso groups, excluding NO2 is 1. The van der Waals surface area contributed by atoms with Gasteiger partial charge in [0.1, 0.15) is 17.6 Å². The number of likely N-dealkylation sites (N-methyl/N-ethyl adjacent to an activating group) is 1. The van der Waals surface area contributed by atoms with Crippen LogP contribution in [0, 0.1) is 4.91 Å². The Hall–Kier alpha value is -2.79. The fourth-order valence-corrected chi connectivity index (χ4v) is 4.81. The Bertz CT molecular complexity index is 1030. The summed E-state index contributed by atoms with van der Waals surface area (Å²) < 4.78 is 6.48. The first-order valence-electron chi connectivity index (χ1n) is 10.4. The zero-order valence-electron chi connectivity index (χ0n) is 16.7. The molecule has 1 saturated heterocycles. The van der Waals surface area contributed by atoms with E-state index in [1.807, 2.05) is 12.1 Å². The maximum Gasteiger partial charge on any atom is 0.142 e. The van der Waals surface area contributed by atoms with Crippen molar-refractivity contribution in [2.75, 3.05) is 20.1 Å². The van der Waals surface area contributed by atoms with Gasteiger partial charge in [-0.25, -0.2) is 0 Å². The van der Waals surface area contributed by atoms with Gasteiger partial charge >= 0.3 is 0 Å². The number of piperidine rings is 1. The highest BCUT2D eigenvalue weighted by Crippen LogP contribution is 2.42. The summed E-state index contributed by atoms with van der Waals surface area (Å²) in [5, 5.41) is 3.29. The Balaban J connectivity index is 1.59. The average Bonchev–Trinajstić information content (AvgIpc) is 3.38. The van der Waals surface area contributed by atoms with Gasteiger partial charge in [0.05, 0.1) is 0 Å². The number of hydrogen-bond donors (Lipinski definition) is 0. The predicted octanol–water partition coefficient (Wildman–Crippen LogP) is 5.57. The maximum absolute atomic E-state index is 11.1. The largest absolute Gasteiger partial charge is 0.460 e. The first-order valence-corrected chi connectivity index (χ1v) is 10.4. The van der Waals surface area contributed by atoms with Crippen LogP contribution in [0.4, 0.5) is 0 Å². The molecule has 2 atom stereocenters. The van der Waals surface area contributed by atoms with E-state index in [2.05, 4.69) is 46.4 Å². The van der Waals surface area contributed by atoms with E-state index >= 15 is 0 Å². The van der Waals surface area contributed by atoms with Crippen LogP contribution in [0.1, 0.15) is 48.1 Å². The molecule has 5 heteroatoms. The molecule has 2 unspecified atom stereocenters. The number of hydrogen-bond acceptors (Lipinski definition) is 5. The van der Waals surface area contributed by atoms with Crippen molar-refractivity contribution in [2.24, 2.45) is 5.18 Å². The molecule has 0 amide bonds. The van der Waals surface area contributed by atoms with Crippen molar-refractivity contribution in [1.29, 1.82) is 0 Å². The zero-order valence-corrected chi connectivity index (χ0v) is 16.7. The molecule has 0 N–H and O–H groups in total. The molecule has 1 fully saturated rings. The van der Waals surface area contributed by atoms with E-state index in [1.165, 1.54) is 12.0 Å². The van der Waals surface area contributed by atoms with Gasteiger partial charge in [0.25, 0.3) is 0 Å². The molecule has 1 aliphatic carbocycles. The van der Waals surface area contributed by atoms with Crippen molar-refractivity contribution in [3.05, 3.63) is 70.6 Å². The number of fused-ring (bicyclic) bond motifs is 1. The third kappa shape index (κ3) is 3.40. The van der Waals surface area contributed by atoms with Gasteiger partial charge in [0.2, 0.25) is 0 Å². The van der Waals surface area contributed by atoms with Crippen LogP contribution in [0.2, 0.25) is 0 Å². The van der Waals surface area contributed by atoms with Crippen molar-refractivity contribution < 1.29 is 4.42 Å². The second-order valence-corrected chi connectivity index (χ2v) is 8.30. The Morgan fingerprint density at radius 3 is 2.76 bits per heavy atom. The summed E-state index contributed by atoms with van der Waals surface area (Å²) in [6.07, 6.45) is 7.68. The Morgan fingerprint density at radius 1 is 1.10 bits per heavy atom. The van der Waals surface area contributed by atoms with Crippen LogP contribution in [0.3, 0.4) is 0 Å². The van der Waals surface area contributed by atoms with Crippen LogP contribution in [0.15, 0.2) is 58.4 Å². The summed E-state index contributed by atoms with van der Waals surface area (Å²) >= 11 is 0. The van der Waals surface area contributed by atoms with Gasteiger partial charge in [0.15, 0.2) is 0 Å². The SMILES string of the molecule is CN1CCCC(c2cc(-c3ccc4c(c3)CCC4N=O)c(-c3ccncc3)o2)C1. The third-order valence-electron chi connectivity index (χ3n) is 6.35. The Kier molecular flexibility index (Phi) is 4.76. The van der Waals surface area contributed by atoms with Gasteiger partial charge in [-0.05, 0) is 74.2 Å². The lowest BCUT2D eigenvalue weighted by atomic mass is 9.94. The smallest absolute Gasteiger partial charge is 0.142 e. The maximum atomic E-state index is 11.1. The number of pyridine rings is 1. The van der Waals surface area contributed by atoms with Crippen LogP contribution in [0.25, 0.3) is 22.5 Å². The van der Waals surface area contributed by atoms with E-state index < -0.39 is 0 Å². The van der Waals surface area contributed by atoms with Crippen LogP contribution in [0.5, 0.6) is 0 Å². The van der Waals surface area contributed by atoms with Crippen molar-refractivity contribution >= 4 is 0 Å². The lowest BCUT2D eigenvalue weighted by Gasteiger charge is -2.28. The summed E-state index contributed by atoms with van der Waals surface area (Å²) in [5.41, 5.74) is 5.60. The van der Waals surface area contributed by atoms with Crippen LogP contribution < -0.4 is 0 Å². The number of furan rings is 1. The molecule has 0 radical (unpaired) electrons. The molecule has 2 aliphatic rings. The second kappa shape index (κ2) is 7.56. The standard InChI is InChI=1S/C24H25N3O2/c1-27-12-2-3-19(15-27)23-14-21(24(29-23)16-8-10-25-11-9-16)18-4-6-20-17(13-18)5-7-22(20)26-28/h4,6,8-11,13-14,19,22H,2-3,5,7,12,15H2,1H3. The topological polar surface area (TPSA) is 58.7 Å². The highest BCUT2D eigenvalue weighted by Gasteiger charge is 2.27. The van der Waals surface area contributed by atoms with Crippen LogP contribution in [-0.4, -0.2) is 30.0 Å². The van der Waals surface area contributed by atoms with Crippen molar-refractivity contribution in [2.45, 2.75) is 37.6 Å². The van der Waals surface area contributed by atoms with Gasteiger partial charge in [-0.1, -0.05) is 23.4 Å². The average molecular weight is 387 g/mol. The number of aryl methyl sites for hydroxylation is 1. The Labute approximate surface area is 170 Å². The molecule has 3 aromatic rings. The number of likely N-dealkylation sites (tertiary alicyclic amines) is 1. The lowest BCUT2D eigenvalue weighted by Crippen LogP contribution is -2.30. The molecular weight excluding hydrogens is 362 g/mol. The van der Waals surface area contributed by atoms with Crippen molar-refractivity contribution in [3.8, 4) is 22.5 Å². The van der Waals surface area contributed by atoms with E-state index in [1.54, 1.807) is 12.4 Å². The van der Waals surface area contributed by atoms with E-state index in [-0.39, 0.29) is 6.04 Å². The summed E-state index contributed by atoms with van der Waals surface area (Å²) in [6.45, 7) is 2.18.